The summed E-state index contributed by atoms with van der Waals surface area (Å²) >= 11 is 0. The van der Waals surface area contributed by atoms with Crippen molar-refractivity contribution in [2.24, 2.45) is 4.99 Å². The van der Waals surface area contributed by atoms with Gasteiger partial charge in [-0.2, -0.15) is 0 Å². The van der Waals surface area contributed by atoms with Crippen LogP contribution >= 0.6 is 0 Å². The first-order valence-electron chi connectivity index (χ1n) is 7.16. The van der Waals surface area contributed by atoms with Crippen LogP contribution in [0, 0.1) is 5.82 Å². The Morgan fingerprint density at radius 2 is 1.85 bits per heavy atom. The highest BCUT2D eigenvalue weighted by Crippen LogP contribution is 2.23. The van der Waals surface area contributed by atoms with E-state index in [1.54, 1.807) is 0 Å². The normalized spacial score (nSPS) is 12.7. The van der Waals surface area contributed by atoms with Gasteiger partial charge >= 0.3 is 0 Å². The zero-order chi connectivity index (χ0) is 15.2. The van der Waals surface area contributed by atoms with Gasteiger partial charge in [-0.3, -0.25) is 4.99 Å². The van der Waals surface area contributed by atoms with Gasteiger partial charge in [-0.05, 0) is 38.5 Å². The molecule has 1 aromatic rings. The van der Waals surface area contributed by atoms with E-state index in [1.807, 2.05) is 19.1 Å². The first-order chi connectivity index (χ1) is 9.35. The molecule has 0 unspecified atom stereocenters. The summed E-state index contributed by atoms with van der Waals surface area (Å²) < 4.78 is 13.0. The Hall–Kier alpha value is -1.58. The summed E-state index contributed by atoms with van der Waals surface area (Å²) in [6.45, 7) is 11.9. The fourth-order valence-corrected chi connectivity index (χ4v) is 1.86. The van der Waals surface area contributed by atoms with Gasteiger partial charge in [-0.15, -0.1) is 0 Å². The second-order valence-electron chi connectivity index (χ2n) is 5.88. The molecule has 1 aromatic carbocycles. The number of nitrogens with zero attached hydrogens (tertiary/aromatic N) is 1. The third-order valence-corrected chi connectivity index (χ3v) is 3.03. The number of benzene rings is 1. The molecule has 1 rings (SSSR count). The molecular formula is C16H26FN3. The van der Waals surface area contributed by atoms with Crippen LogP contribution in [0.4, 0.5) is 4.39 Å². The molecule has 0 fully saturated rings. The molecule has 2 N–H and O–H groups in total. The van der Waals surface area contributed by atoms with Gasteiger partial charge in [0.15, 0.2) is 5.96 Å². The lowest BCUT2D eigenvalue weighted by Gasteiger charge is -2.24. The van der Waals surface area contributed by atoms with Crippen LogP contribution in [0.15, 0.2) is 29.3 Å². The number of rotatable bonds is 5. The maximum atomic E-state index is 13.0. The van der Waals surface area contributed by atoms with Gasteiger partial charge in [0.1, 0.15) is 5.82 Å². The van der Waals surface area contributed by atoms with E-state index in [9.17, 15) is 4.39 Å². The van der Waals surface area contributed by atoms with E-state index in [-0.39, 0.29) is 11.2 Å². The number of guanidine groups is 1. The molecule has 0 saturated carbocycles. The summed E-state index contributed by atoms with van der Waals surface area (Å²) in [7, 11) is 0. The maximum absolute atomic E-state index is 13.0. The highest BCUT2D eigenvalue weighted by atomic mass is 19.1. The van der Waals surface area contributed by atoms with Crippen LogP contribution in [0.25, 0.3) is 0 Å². The Kier molecular flexibility index (Phi) is 5.99. The molecule has 3 nitrogen and oxygen atoms in total. The molecule has 0 radical (unpaired) electrons. The fourth-order valence-electron chi connectivity index (χ4n) is 1.86. The average Bonchev–Trinajstić information content (AvgIpc) is 2.36. The molecule has 0 aromatic heterocycles. The molecule has 0 heterocycles. The van der Waals surface area contributed by atoms with Crippen LogP contribution in [-0.2, 0) is 5.41 Å². The summed E-state index contributed by atoms with van der Waals surface area (Å²) in [5, 5.41) is 6.52. The molecule has 112 valence electrons. The summed E-state index contributed by atoms with van der Waals surface area (Å²) in [5.41, 5.74) is 0.954. The maximum Gasteiger partial charge on any atom is 0.191 e. The van der Waals surface area contributed by atoms with E-state index in [4.69, 9.17) is 0 Å². The first-order valence-corrected chi connectivity index (χ1v) is 7.16. The van der Waals surface area contributed by atoms with Crippen LogP contribution in [0.3, 0.4) is 0 Å². The Morgan fingerprint density at radius 1 is 1.25 bits per heavy atom. The molecular weight excluding hydrogens is 253 g/mol. The minimum absolute atomic E-state index is 0.132. The van der Waals surface area contributed by atoms with Crippen molar-refractivity contribution in [3.05, 3.63) is 35.6 Å². The average molecular weight is 279 g/mol. The van der Waals surface area contributed by atoms with Crippen LogP contribution in [-0.4, -0.2) is 25.1 Å². The first kappa shape index (κ1) is 16.5. The number of hydrogen-bond donors (Lipinski definition) is 2. The Labute approximate surface area is 121 Å². The van der Waals surface area contributed by atoms with Gasteiger partial charge in [0.25, 0.3) is 0 Å². The SMILES string of the molecule is CCNC(=NCC(C)(C)c1ccc(F)cc1)NC(C)C. The summed E-state index contributed by atoms with van der Waals surface area (Å²) in [4.78, 5) is 4.62. The topological polar surface area (TPSA) is 36.4 Å². The van der Waals surface area contributed by atoms with E-state index in [1.165, 1.54) is 12.1 Å². The highest BCUT2D eigenvalue weighted by molar-refractivity contribution is 5.80. The van der Waals surface area contributed by atoms with Crippen molar-refractivity contribution in [3.8, 4) is 0 Å². The minimum atomic E-state index is -0.206. The summed E-state index contributed by atoms with van der Waals surface area (Å²) in [6, 6.07) is 6.99. The standard InChI is InChI=1S/C16H26FN3/c1-6-18-15(20-12(2)3)19-11-16(4,5)13-7-9-14(17)10-8-13/h7-10,12H,6,11H2,1-5H3,(H2,18,19,20). The van der Waals surface area contributed by atoms with Crippen molar-refractivity contribution >= 4 is 5.96 Å². The molecule has 0 aliphatic carbocycles. The molecule has 20 heavy (non-hydrogen) atoms. The molecule has 0 aliphatic rings. The largest absolute Gasteiger partial charge is 0.357 e. The number of halogens is 1. The summed E-state index contributed by atoms with van der Waals surface area (Å²) in [5.74, 6) is 0.612. The van der Waals surface area contributed by atoms with Crippen molar-refractivity contribution in [3.63, 3.8) is 0 Å². The summed E-state index contributed by atoms with van der Waals surface area (Å²) in [6.07, 6.45) is 0. The second-order valence-corrected chi connectivity index (χ2v) is 5.88. The van der Waals surface area contributed by atoms with E-state index in [0.717, 1.165) is 18.1 Å². The van der Waals surface area contributed by atoms with Crippen molar-refractivity contribution in [1.82, 2.24) is 10.6 Å². The van der Waals surface area contributed by atoms with Crippen LogP contribution in [0.1, 0.15) is 40.2 Å². The number of nitrogens with one attached hydrogen (secondary N) is 2. The fraction of sp³-hybridized carbons (Fsp3) is 0.562. The lowest BCUT2D eigenvalue weighted by Crippen LogP contribution is -2.41. The highest BCUT2D eigenvalue weighted by Gasteiger charge is 2.20. The zero-order valence-corrected chi connectivity index (χ0v) is 13.1. The van der Waals surface area contributed by atoms with Gasteiger partial charge in [-0.1, -0.05) is 26.0 Å². The van der Waals surface area contributed by atoms with Gasteiger partial charge < -0.3 is 10.6 Å². The molecule has 0 saturated heterocycles. The van der Waals surface area contributed by atoms with Crippen LogP contribution < -0.4 is 10.6 Å². The van der Waals surface area contributed by atoms with Crippen LogP contribution in [0.2, 0.25) is 0 Å². The number of aliphatic imine (C=N–C) groups is 1. The monoisotopic (exact) mass is 279 g/mol. The van der Waals surface area contributed by atoms with Crippen molar-refractivity contribution in [2.45, 2.75) is 46.1 Å². The molecule has 0 aliphatic heterocycles. The molecule has 0 atom stereocenters. The van der Waals surface area contributed by atoms with Crippen molar-refractivity contribution in [2.75, 3.05) is 13.1 Å². The third-order valence-electron chi connectivity index (χ3n) is 3.03. The van der Waals surface area contributed by atoms with Gasteiger partial charge in [-0.25, -0.2) is 4.39 Å². The van der Waals surface area contributed by atoms with Gasteiger partial charge in [0.05, 0.1) is 6.54 Å². The minimum Gasteiger partial charge on any atom is -0.357 e. The zero-order valence-electron chi connectivity index (χ0n) is 13.1. The third kappa shape index (κ3) is 5.19. The Morgan fingerprint density at radius 3 is 2.35 bits per heavy atom. The Balaban J connectivity index is 2.79. The molecule has 0 amide bonds. The predicted molar refractivity (Wildman–Crippen MR) is 83.7 cm³/mol. The second kappa shape index (κ2) is 7.27. The lowest BCUT2D eigenvalue weighted by atomic mass is 9.85. The van der Waals surface area contributed by atoms with Gasteiger partial charge in [0.2, 0.25) is 0 Å². The van der Waals surface area contributed by atoms with Crippen LogP contribution in [0.5, 0.6) is 0 Å². The predicted octanol–water partition coefficient (Wildman–Crippen LogP) is 3.07. The Bertz CT molecular complexity index is 436. The lowest BCUT2D eigenvalue weighted by molar-refractivity contribution is 0.533. The number of hydrogen-bond acceptors (Lipinski definition) is 1. The van der Waals surface area contributed by atoms with E-state index in [2.05, 4.69) is 43.3 Å². The van der Waals surface area contributed by atoms with E-state index >= 15 is 0 Å². The molecule has 0 bridgehead atoms. The smallest absolute Gasteiger partial charge is 0.191 e. The van der Waals surface area contributed by atoms with Crippen molar-refractivity contribution < 1.29 is 4.39 Å². The van der Waals surface area contributed by atoms with Crippen molar-refractivity contribution in [1.29, 1.82) is 0 Å². The van der Waals surface area contributed by atoms with E-state index < -0.39 is 0 Å². The van der Waals surface area contributed by atoms with Gasteiger partial charge in [0, 0.05) is 18.0 Å². The molecule has 0 spiro atoms. The molecule has 4 heteroatoms. The van der Waals surface area contributed by atoms with E-state index in [0.29, 0.717) is 12.6 Å². The quantitative estimate of drug-likeness (QED) is 0.642.